The van der Waals surface area contributed by atoms with E-state index in [1.165, 1.54) is 26.4 Å². The minimum absolute atomic E-state index is 0.0350. The molecule has 6 atom stereocenters. The quantitative estimate of drug-likeness (QED) is 0.0874. The first kappa shape index (κ1) is 50.5. The highest BCUT2D eigenvalue weighted by Gasteiger charge is 2.43. The molecule has 2 aliphatic heterocycles. The Morgan fingerprint density at radius 1 is 0.905 bits per heavy atom. The molecule has 1 saturated heterocycles. The fourth-order valence-corrected chi connectivity index (χ4v) is 9.14. The van der Waals surface area contributed by atoms with Crippen LogP contribution < -0.4 is 16.0 Å². The molecule has 17 nitrogen and oxygen atoms in total. The fraction of sp³-hybridized carbons (Fsp3) is 0.652. The van der Waals surface area contributed by atoms with Crippen LogP contribution in [0.5, 0.6) is 0 Å². The summed E-state index contributed by atoms with van der Waals surface area (Å²) in [5.41, 5.74) is -0.562. The molecule has 2 heterocycles. The zero-order valence-corrected chi connectivity index (χ0v) is 37.8. The van der Waals surface area contributed by atoms with Gasteiger partial charge in [0.25, 0.3) is 11.8 Å². The molecule has 4 N–H and O–H groups in total. The largest absolute Gasteiger partial charge is 0.480 e. The number of likely N-dealkylation sites (N-methyl/N-ethyl adjacent to an activating group) is 1. The number of benzene rings is 1. The van der Waals surface area contributed by atoms with Crippen LogP contribution in [0.3, 0.4) is 0 Å². The highest BCUT2D eigenvalue weighted by Crippen LogP contribution is 2.34. The van der Waals surface area contributed by atoms with Crippen molar-refractivity contribution >= 4 is 47.3 Å². The van der Waals surface area contributed by atoms with Gasteiger partial charge in [-0.15, -0.1) is 0 Å². The molecule has 6 unspecified atom stereocenters. The van der Waals surface area contributed by atoms with Crippen molar-refractivity contribution in [2.75, 3.05) is 40.9 Å². The molecule has 7 amide bonds. The van der Waals surface area contributed by atoms with E-state index in [9.17, 15) is 43.5 Å². The highest BCUT2D eigenvalue weighted by atomic mass is 16.5. The molecule has 1 aromatic carbocycles. The average molecular weight is 881 g/mol. The number of hydrogen-bond acceptors (Lipinski definition) is 10. The normalized spacial score (nSPS) is 19.2. The third-order valence-electron chi connectivity index (χ3n) is 12.7. The van der Waals surface area contributed by atoms with Crippen molar-refractivity contribution < 1.29 is 52.9 Å². The number of carboxylic acids is 1. The number of likely N-dealkylation sites (tertiary alicyclic amines) is 1. The summed E-state index contributed by atoms with van der Waals surface area (Å²) in [6.07, 6.45) is 8.82. The average Bonchev–Trinajstić information content (AvgIpc) is 3.88. The van der Waals surface area contributed by atoms with Crippen molar-refractivity contribution in [3.8, 4) is 0 Å². The second-order valence-electron chi connectivity index (χ2n) is 17.6. The Bertz CT molecular complexity index is 1780. The molecule has 0 bridgehead atoms. The maximum atomic E-state index is 14.3. The van der Waals surface area contributed by atoms with Gasteiger partial charge in [-0.25, -0.2) is 4.79 Å². The van der Waals surface area contributed by atoms with Crippen LogP contribution in [0.4, 0.5) is 0 Å². The zero-order chi connectivity index (χ0) is 46.3. The van der Waals surface area contributed by atoms with Gasteiger partial charge in [-0.3, -0.25) is 38.5 Å². The van der Waals surface area contributed by atoms with E-state index in [4.69, 9.17) is 9.47 Å². The van der Waals surface area contributed by atoms with E-state index >= 15 is 0 Å². The van der Waals surface area contributed by atoms with E-state index in [1.54, 1.807) is 61.9 Å². The smallest absolute Gasteiger partial charge is 0.326 e. The predicted molar refractivity (Wildman–Crippen MR) is 233 cm³/mol. The number of nitrogens with one attached hydrogen (secondary N) is 3. The summed E-state index contributed by atoms with van der Waals surface area (Å²) in [5, 5.41) is 18.0. The van der Waals surface area contributed by atoms with E-state index in [-0.39, 0.29) is 67.8 Å². The molecular weight excluding hydrogens is 813 g/mol. The molecule has 4 rings (SSSR count). The molecule has 3 aliphatic rings. The zero-order valence-electron chi connectivity index (χ0n) is 37.8. The van der Waals surface area contributed by atoms with Gasteiger partial charge in [-0.2, -0.15) is 0 Å². The van der Waals surface area contributed by atoms with Crippen LogP contribution in [0.25, 0.3) is 0 Å². The Balaban J connectivity index is 1.34. The summed E-state index contributed by atoms with van der Waals surface area (Å²) >= 11 is 0. The second-order valence-corrected chi connectivity index (χ2v) is 17.6. The van der Waals surface area contributed by atoms with Crippen molar-refractivity contribution in [2.45, 2.75) is 140 Å². The minimum atomic E-state index is -1.33. The molecular formula is C46H68N6O11. The lowest BCUT2D eigenvalue weighted by atomic mass is 9.80. The van der Waals surface area contributed by atoms with Gasteiger partial charge < -0.3 is 40.3 Å². The number of carbonyl (C=O) groups is 8. The lowest BCUT2D eigenvalue weighted by Gasteiger charge is -2.41. The van der Waals surface area contributed by atoms with Crippen molar-refractivity contribution in [3.05, 3.63) is 48.0 Å². The Morgan fingerprint density at radius 3 is 2.19 bits per heavy atom. The molecule has 348 valence electrons. The van der Waals surface area contributed by atoms with Crippen LogP contribution in [0.15, 0.2) is 42.5 Å². The molecule has 63 heavy (non-hydrogen) atoms. The number of ether oxygens (including phenoxy) is 2. The summed E-state index contributed by atoms with van der Waals surface area (Å²) in [4.78, 5) is 108. The van der Waals surface area contributed by atoms with E-state index < -0.39 is 59.6 Å². The van der Waals surface area contributed by atoms with Crippen LogP contribution in [0.1, 0.15) is 103 Å². The third kappa shape index (κ3) is 14.2. The van der Waals surface area contributed by atoms with E-state index in [1.807, 2.05) is 6.07 Å². The van der Waals surface area contributed by atoms with Gasteiger partial charge in [0.15, 0.2) is 0 Å². The maximum Gasteiger partial charge on any atom is 0.326 e. The number of rotatable bonds is 24. The maximum absolute atomic E-state index is 14.3. The van der Waals surface area contributed by atoms with Crippen LogP contribution in [-0.4, -0.2) is 144 Å². The van der Waals surface area contributed by atoms with Gasteiger partial charge in [0.05, 0.1) is 43.2 Å². The minimum Gasteiger partial charge on any atom is -0.480 e. The number of amides is 7. The van der Waals surface area contributed by atoms with Gasteiger partial charge in [0, 0.05) is 59.4 Å². The Kier molecular flexibility index (Phi) is 19.3. The lowest BCUT2D eigenvalue weighted by Crippen LogP contribution is -2.58. The predicted octanol–water partition coefficient (Wildman–Crippen LogP) is 2.75. The van der Waals surface area contributed by atoms with Crippen LogP contribution in [0, 0.1) is 11.8 Å². The number of carbonyl (C=O) groups excluding carboxylic acids is 7. The topological polar surface area (TPSA) is 221 Å². The molecule has 2 fully saturated rings. The van der Waals surface area contributed by atoms with Crippen LogP contribution in [-0.2, 0) is 54.3 Å². The van der Waals surface area contributed by atoms with Gasteiger partial charge in [0.2, 0.25) is 29.5 Å². The number of carboxylic acid groups (broad SMARTS) is 1. The van der Waals surface area contributed by atoms with Crippen LogP contribution >= 0.6 is 0 Å². The summed E-state index contributed by atoms with van der Waals surface area (Å²) in [7, 11) is 4.66. The van der Waals surface area contributed by atoms with E-state index in [2.05, 4.69) is 16.0 Å². The number of aliphatic carboxylic acids is 1. The molecule has 1 saturated carbocycles. The fourth-order valence-electron chi connectivity index (χ4n) is 9.14. The van der Waals surface area contributed by atoms with Crippen LogP contribution in [0.2, 0.25) is 0 Å². The molecule has 17 heteroatoms. The monoisotopic (exact) mass is 880 g/mol. The van der Waals surface area contributed by atoms with Gasteiger partial charge in [0.1, 0.15) is 11.6 Å². The number of hydrogen-bond donors (Lipinski definition) is 4. The molecule has 0 radical (unpaired) electrons. The number of imide groups is 1. The van der Waals surface area contributed by atoms with Crippen molar-refractivity contribution in [3.63, 3.8) is 0 Å². The van der Waals surface area contributed by atoms with Crippen molar-refractivity contribution in [1.82, 2.24) is 30.7 Å². The second kappa shape index (κ2) is 24.1. The molecule has 1 aromatic rings. The number of unbranched alkanes of at least 4 members (excludes halogenated alkanes) is 2. The van der Waals surface area contributed by atoms with E-state index in [0.29, 0.717) is 38.6 Å². The van der Waals surface area contributed by atoms with E-state index in [0.717, 1.165) is 42.6 Å². The first-order valence-electron chi connectivity index (χ1n) is 22.3. The third-order valence-corrected chi connectivity index (χ3v) is 12.7. The Labute approximate surface area is 371 Å². The summed E-state index contributed by atoms with van der Waals surface area (Å²) in [5.74, 6) is -4.58. The van der Waals surface area contributed by atoms with Crippen molar-refractivity contribution in [1.29, 1.82) is 0 Å². The highest BCUT2D eigenvalue weighted by molar-refractivity contribution is 6.12. The molecule has 0 aromatic heterocycles. The number of nitrogens with zero attached hydrogens (tertiary/aromatic N) is 3. The molecule has 0 spiro atoms. The summed E-state index contributed by atoms with van der Waals surface area (Å²) in [6.45, 7) is 5.13. The Morgan fingerprint density at radius 2 is 1.57 bits per heavy atom. The van der Waals surface area contributed by atoms with Crippen molar-refractivity contribution in [2.24, 2.45) is 11.8 Å². The first-order chi connectivity index (χ1) is 30.0. The Hall–Kier alpha value is -5.16. The van der Waals surface area contributed by atoms with Gasteiger partial charge in [-0.05, 0) is 63.9 Å². The number of methoxy groups -OCH3 is 2. The van der Waals surface area contributed by atoms with Gasteiger partial charge in [-0.1, -0.05) is 62.9 Å². The first-order valence-corrected chi connectivity index (χ1v) is 22.3. The lowest BCUT2D eigenvalue weighted by molar-refractivity contribution is -0.147. The SMILES string of the molecule is COC(CC(=O)N1CCCC1C(OC)C(C)C(=O)NC(Cc1ccccc1)C(=O)O)C(C1CCCCC1)N(C)C(=O)CNC(=O)C(C)(C)NC(=O)CCCCCN1C(=O)C=CC1=O. The van der Waals surface area contributed by atoms with Gasteiger partial charge >= 0.3 is 5.97 Å². The molecule has 1 aliphatic carbocycles. The summed E-state index contributed by atoms with van der Waals surface area (Å²) < 4.78 is 11.9. The standard InChI is InChI=1S/C46H68N6O11/c1-30(43(58)48-33(44(59)60)27-31-17-10-7-11-18-31)42(63-6)34-21-16-26-51(34)39(56)28-35(62-5)41(32-19-12-8-13-20-32)50(4)40(57)29-47-45(61)46(2,3)49-36(53)22-14-9-15-25-52-37(54)23-24-38(52)55/h7,10-11,17-18,23-24,30,32-35,41-42H,8-9,12-16,19-22,25-29H2,1-6H3,(H,47,61)(H,48,58)(H,49,53)(H,59,60). The summed E-state index contributed by atoms with van der Waals surface area (Å²) in [6, 6.07) is 6.94.